The summed E-state index contributed by atoms with van der Waals surface area (Å²) in [4.78, 5) is 6.67. The molecule has 0 bridgehead atoms. The molecule has 0 aliphatic rings. The highest BCUT2D eigenvalue weighted by Gasteiger charge is 2.12. The predicted molar refractivity (Wildman–Crippen MR) is 93.1 cm³/mol. The second-order valence-corrected chi connectivity index (χ2v) is 5.66. The SMILES string of the molecule is Cc1ccc(N(c2ccc(C)cc2)c2ccc(C)nc2)cc1. The molecule has 3 rings (SSSR count). The van der Waals surface area contributed by atoms with Crippen molar-refractivity contribution < 1.29 is 0 Å². The molecule has 0 aliphatic heterocycles. The van der Waals surface area contributed by atoms with Crippen LogP contribution in [0.1, 0.15) is 16.8 Å². The molecule has 0 aliphatic carbocycles. The van der Waals surface area contributed by atoms with E-state index >= 15 is 0 Å². The summed E-state index contributed by atoms with van der Waals surface area (Å²) in [7, 11) is 0. The number of nitrogens with zero attached hydrogens (tertiary/aromatic N) is 2. The molecule has 0 fully saturated rings. The van der Waals surface area contributed by atoms with Crippen LogP contribution in [0.4, 0.5) is 17.1 Å². The summed E-state index contributed by atoms with van der Waals surface area (Å²) in [5, 5.41) is 0. The number of benzene rings is 2. The molecule has 22 heavy (non-hydrogen) atoms. The minimum absolute atomic E-state index is 1.02. The first kappa shape index (κ1) is 14.3. The maximum atomic E-state index is 4.44. The Balaban J connectivity index is 2.10. The van der Waals surface area contributed by atoms with E-state index in [0.717, 1.165) is 22.8 Å². The molecule has 3 aromatic rings. The van der Waals surface area contributed by atoms with Crippen molar-refractivity contribution >= 4 is 17.1 Å². The van der Waals surface area contributed by atoms with Gasteiger partial charge in [-0.15, -0.1) is 0 Å². The van der Waals surface area contributed by atoms with Crippen LogP contribution >= 0.6 is 0 Å². The molecule has 0 spiro atoms. The summed E-state index contributed by atoms with van der Waals surface area (Å²) in [6.07, 6.45) is 1.93. The van der Waals surface area contributed by atoms with E-state index in [0.29, 0.717) is 0 Å². The van der Waals surface area contributed by atoms with Crippen LogP contribution in [-0.4, -0.2) is 4.98 Å². The van der Waals surface area contributed by atoms with Gasteiger partial charge < -0.3 is 4.90 Å². The van der Waals surface area contributed by atoms with Gasteiger partial charge in [-0.05, 0) is 57.2 Å². The molecule has 110 valence electrons. The number of rotatable bonds is 3. The van der Waals surface area contributed by atoms with Crippen LogP contribution in [0.3, 0.4) is 0 Å². The predicted octanol–water partition coefficient (Wildman–Crippen LogP) is 5.48. The summed E-state index contributed by atoms with van der Waals surface area (Å²) in [6.45, 7) is 6.22. The Hall–Kier alpha value is -2.61. The molecular weight excluding hydrogens is 268 g/mol. The van der Waals surface area contributed by atoms with Gasteiger partial charge in [-0.2, -0.15) is 0 Å². The highest BCUT2D eigenvalue weighted by molar-refractivity contribution is 5.76. The summed E-state index contributed by atoms with van der Waals surface area (Å²) in [5.41, 5.74) is 6.89. The van der Waals surface area contributed by atoms with Gasteiger partial charge in [0.05, 0.1) is 11.9 Å². The number of aryl methyl sites for hydroxylation is 3. The van der Waals surface area contributed by atoms with E-state index in [1.54, 1.807) is 0 Å². The van der Waals surface area contributed by atoms with Crippen LogP contribution in [-0.2, 0) is 0 Å². The van der Waals surface area contributed by atoms with Crippen LogP contribution in [0.2, 0.25) is 0 Å². The number of anilines is 3. The Labute approximate surface area is 132 Å². The van der Waals surface area contributed by atoms with Crippen molar-refractivity contribution in [3.8, 4) is 0 Å². The Kier molecular flexibility index (Phi) is 3.92. The first-order valence-electron chi connectivity index (χ1n) is 7.49. The molecule has 0 amide bonds. The van der Waals surface area contributed by atoms with E-state index < -0.39 is 0 Å². The van der Waals surface area contributed by atoms with Gasteiger partial charge in [0.2, 0.25) is 0 Å². The van der Waals surface area contributed by atoms with Crippen molar-refractivity contribution in [1.82, 2.24) is 4.98 Å². The lowest BCUT2D eigenvalue weighted by molar-refractivity contribution is 1.16. The van der Waals surface area contributed by atoms with Gasteiger partial charge in [0.25, 0.3) is 0 Å². The van der Waals surface area contributed by atoms with Crippen LogP contribution in [0.15, 0.2) is 66.9 Å². The monoisotopic (exact) mass is 288 g/mol. The Morgan fingerprint density at radius 2 is 1.05 bits per heavy atom. The fourth-order valence-corrected chi connectivity index (χ4v) is 2.43. The van der Waals surface area contributed by atoms with E-state index in [-0.39, 0.29) is 0 Å². The van der Waals surface area contributed by atoms with E-state index in [1.807, 2.05) is 19.2 Å². The summed E-state index contributed by atoms with van der Waals surface area (Å²) < 4.78 is 0. The number of hydrogen-bond donors (Lipinski definition) is 0. The summed E-state index contributed by atoms with van der Waals surface area (Å²) >= 11 is 0. The minimum Gasteiger partial charge on any atom is -0.309 e. The maximum Gasteiger partial charge on any atom is 0.0645 e. The molecule has 0 saturated carbocycles. The van der Waals surface area contributed by atoms with E-state index in [1.165, 1.54) is 11.1 Å². The van der Waals surface area contributed by atoms with Gasteiger partial charge in [0, 0.05) is 17.1 Å². The third-order valence-corrected chi connectivity index (χ3v) is 3.74. The van der Waals surface area contributed by atoms with Crippen molar-refractivity contribution in [2.75, 3.05) is 4.90 Å². The van der Waals surface area contributed by atoms with Crippen LogP contribution < -0.4 is 4.90 Å². The second-order valence-electron chi connectivity index (χ2n) is 5.66. The van der Waals surface area contributed by atoms with E-state index in [2.05, 4.69) is 78.3 Å². The zero-order chi connectivity index (χ0) is 15.5. The molecule has 1 aromatic heterocycles. The fraction of sp³-hybridized carbons (Fsp3) is 0.150. The molecule has 0 atom stereocenters. The molecule has 2 aromatic carbocycles. The third-order valence-electron chi connectivity index (χ3n) is 3.74. The molecule has 0 N–H and O–H groups in total. The van der Waals surface area contributed by atoms with Crippen molar-refractivity contribution in [2.24, 2.45) is 0 Å². The molecule has 1 heterocycles. The molecule has 0 radical (unpaired) electrons. The smallest absolute Gasteiger partial charge is 0.0645 e. The van der Waals surface area contributed by atoms with Crippen molar-refractivity contribution in [3.63, 3.8) is 0 Å². The lowest BCUT2D eigenvalue weighted by atomic mass is 10.1. The second kappa shape index (κ2) is 6.02. The number of aromatic nitrogens is 1. The van der Waals surface area contributed by atoms with Gasteiger partial charge in [-0.1, -0.05) is 35.4 Å². The topological polar surface area (TPSA) is 16.1 Å². The molecule has 2 nitrogen and oxygen atoms in total. The Morgan fingerprint density at radius 3 is 1.45 bits per heavy atom. The minimum atomic E-state index is 1.02. The van der Waals surface area contributed by atoms with Gasteiger partial charge in [0.1, 0.15) is 0 Å². The van der Waals surface area contributed by atoms with Gasteiger partial charge in [0.15, 0.2) is 0 Å². The van der Waals surface area contributed by atoms with Gasteiger partial charge >= 0.3 is 0 Å². The molecule has 2 heteroatoms. The zero-order valence-electron chi connectivity index (χ0n) is 13.2. The maximum absolute atomic E-state index is 4.44. The lowest BCUT2D eigenvalue weighted by Gasteiger charge is -2.25. The standard InChI is InChI=1S/C20H20N2/c1-15-4-9-18(10-5-15)22(19-11-6-16(2)7-12-19)20-13-8-17(3)21-14-20/h4-14H,1-3H3. The van der Waals surface area contributed by atoms with Crippen LogP contribution in [0.5, 0.6) is 0 Å². The zero-order valence-corrected chi connectivity index (χ0v) is 13.2. The quantitative estimate of drug-likeness (QED) is 0.634. The number of hydrogen-bond acceptors (Lipinski definition) is 2. The number of pyridine rings is 1. The molecular formula is C20H20N2. The Bertz CT molecular complexity index is 633. The Morgan fingerprint density at radius 1 is 0.591 bits per heavy atom. The molecule has 0 saturated heterocycles. The van der Waals surface area contributed by atoms with Crippen molar-refractivity contribution in [3.05, 3.63) is 83.7 Å². The normalized spacial score (nSPS) is 10.5. The average Bonchev–Trinajstić information content (AvgIpc) is 2.53. The highest BCUT2D eigenvalue weighted by atomic mass is 15.1. The van der Waals surface area contributed by atoms with Gasteiger partial charge in [-0.25, -0.2) is 0 Å². The summed E-state index contributed by atoms with van der Waals surface area (Å²) in [6, 6.07) is 21.3. The highest BCUT2D eigenvalue weighted by Crippen LogP contribution is 2.34. The lowest BCUT2D eigenvalue weighted by Crippen LogP contribution is -2.10. The van der Waals surface area contributed by atoms with Crippen molar-refractivity contribution in [2.45, 2.75) is 20.8 Å². The first-order valence-corrected chi connectivity index (χ1v) is 7.49. The largest absolute Gasteiger partial charge is 0.309 e. The van der Waals surface area contributed by atoms with Crippen LogP contribution in [0.25, 0.3) is 0 Å². The van der Waals surface area contributed by atoms with Gasteiger partial charge in [-0.3, -0.25) is 4.98 Å². The average molecular weight is 288 g/mol. The van der Waals surface area contributed by atoms with Crippen molar-refractivity contribution in [1.29, 1.82) is 0 Å². The van der Waals surface area contributed by atoms with E-state index in [9.17, 15) is 0 Å². The third kappa shape index (κ3) is 3.01. The molecule has 0 unspecified atom stereocenters. The summed E-state index contributed by atoms with van der Waals surface area (Å²) in [5.74, 6) is 0. The van der Waals surface area contributed by atoms with E-state index in [4.69, 9.17) is 0 Å². The fourth-order valence-electron chi connectivity index (χ4n) is 2.43. The first-order chi connectivity index (χ1) is 10.6. The van der Waals surface area contributed by atoms with Crippen LogP contribution in [0, 0.1) is 20.8 Å².